The second-order valence-electron chi connectivity index (χ2n) is 4.76. The molecule has 0 radical (unpaired) electrons. The number of carbonyl (C=O) groups is 1. The summed E-state index contributed by atoms with van der Waals surface area (Å²) in [6, 6.07) is 18.3. The molecule has 0 aromatic heterocycles. The van der Waals surface area contributed by atoms with Gasteiger partial charge in [-0.1, -0.05) is 30.3 Å². The van der Waals surface area contributed by atoms with Gasteiger partial charge in [-0.2, -0.15) is 0 Å². The Hall–Kier alpha value is -3.01. The van der Waals surface area contributed by atoms with Crippen molar-refractivity contribution in [2.45, 2.75) is 0 Å². The normalized spacial score (nSPS) is 10.5. The largest absolute Gasteiger partial charge is 0.478 e. The maximum absolute atomic E-state index is 11.0. The highest BCUT2D eigenvalue weighted by Gasteiger charge is 2.06. The molecule has 0 saturated heterocycles. The van der Waals surface area contributed by atoms with Crippen molar-refractivity contribution in [1.82, 2.24) is 0 Å². The van der Waals surface area contributed by atoms with E-state index in [9.17, 15) is 4.79 Å². The number of nitrogen functional groups attached to an aromatic ring is 1. The van der Waals surface area contributed by atoms with E-state index >= 15 is 0 Å². The summed E-state index contributed by atoms with van der Waals surface area (Å²) < 4.78 is 0. The number of benzene rings is 3. The molecule has 0 unspecified atom stereocenters. The first kappa shape index (κ1) is 13.0. The van der Waals surface area contributed by atoms with Crippen LogP contribution in [0.4, 0.5) is 17.1 Å². The monoisotopic (exact) mass is 278 g/mol. The summed E-state index contributed by atoms with van der Waals surface area (Å²) in [6.45, 7) is 0. The van der Waals surface area contributed by atoms with Crippen LogP contribution in [0.15, 0.2) is 60.7 Å². The lowest BCUT2D eigenvalue weighted by Gasteiger charge is -2.11. The van der Waals surface area contributed by atoms with Crippen molar-refractivity contribution in [3.63, 3.8) is 0 Å². The number of hydrogen-bond donors (Lipinski definition) is 3. The molecule has 3 rings (SSSR count). The van der Waals surface area contributed by atoms with Crippen molar-refractivity contribution >= 4 is 33.8 Å². The van der Waals surface area contributed by atoms with E-state index in [1.165, 1.54) is 0 Å². The predicted octanol–water partition coefficient (Wildman–Crippen LogP) is 3.86. The van der Waals surface area contributed by atoms with E-state index in [1.54, 1.807) is 18.2 Å². The minimum absolute atomic E-state index is 0.250. The number of rotatable bonds is 3. The summed E-state index contributed by atoms with van der Waals surface area (Å²) in [6.07, 6.45) is 0. The molecular weight excluding hydrogens is 264 g/mol. The third-order valence-corrected chi connectivity index (χ3v) is 3.34. The van der Waals surface area contributed by atoms with Crippen LogP contribution >= 0.6 is 0 Å². The summed E-state index contributed by atoms with van der Waals surface area (Å²) in [7, 11) is 0. The zero-order valence-corrected chi connectivity index (χ0v) is 11.2. The van der Waals surface area contributed by atoms with Gasteiger partial charge in [-0.15, -0.1) is 0 Å². The molecule has 0 saturated carbocycles. The number of fused-ring (bicyclic) bond motifs is 1. The van der Waals surface area contributed by atoms with Gasteiger partial charge in [-0.3, -0.25) is 0 Å². The fraction of sp³-hybridized carbons (Fsp3) is 0. The molecule has 0 aliphatic carbocycles. The molecule has 3 aromatic carbocycles. The zero-order valence-electron chi connectivity index (χ0n) is 11.2. The number of carboxylic acids is 1. The molecule has 4 N–H and O–H groups in total. The molecule has 21 heavy (non-hydrogen) atoms. The molecule has 0 fully saturated rings. The van der Waals surface area contributed by atoms with Gasteiger partial charge in [0.25, 0.3) is 0 Å². The first-order valence-corrected chi connectivity index (χ1v) is 6.53. The highest BCUT2D eigenvalue weighted by atomic mass is 16.4. The molecule has 0 aliphatic heterocycles. The van der Waals surface area contributed by atoms with Crippen molar-refractivity contribution in [2.24, 2.45) is 0 Å². The van der Waals surface area contributed by atoms with Gasteiger partial charge in [-0.05, 0) is 30.3 Å². The Balaban J connectivity index is 2.04. The molecule has 0 atom stereocenters. The third-order valence-electron chi connectivity index (χ3n) is 3.34. The fourth-order valence-electron chi connectivity index (χ4n) is 2.33. The Morgan fingerprint density at radius 2 is 1.67 bits per heavy atom. The van der Waals surface area contributed by atoms with E-state index in [0.29, 0.717) is 0 Å². The van der Waals surface area contributed by atoms with Crippen LogP contribution < -0.4 is 11.1 Å². The molecule has 104 valence electrons. The van der Waals surface area contributed by atoms with Gasteiger partial charge < -0.3 is 16.2 Å². The smallest absolute Gasteiger partial charge is 0.335 e. The number of nitrogens with one attached hydrogen (secondary N) is 1. The van der Waals surface area contributed by atoms with Crippen molar-refractivity contribution in [2.75, 3.05) is 11.1 Å². The molecular formula is C17H14N2O2. The molecule has 0 heterocycles. The molecule has 0 spiro atoms. The number of anilines is 3. The molecule has 0 bridgehead atoms. The number of nitrogens with two attached hydrogens (primary N) is 1. The van der Waals surface area contributed by atoms with Crippen molar-refractivity contribution < 1.29 is 9.90 Å². The summed E-state index contributed by atoms with van der Waals surface area (Å²) in [5.74, 6) is -0.944. The maximum Gasteiger partial charge on any atom is 0.335 e. The van der Waals surface area contributed by atoms with Crippen LogP contribution in [0.25, 0.3) is 10.8 Å². The lowest BCUT2D eigenvalue weighted by atomic mass is 10.1. The Morgan fingerprint density at radius 1 is 0.952 bits per heavy atom. The third kappa shape index (κ3) is 2.51. The second-order valence-corrected chi connectivity index (χ2v) is 4.76. The van der Waals surface area contributed by atoms with Crippen molar-refractivity contribution in [1.29, 1.82) is 0 Å². The lowest BCUT2D eigenvalue weighted by molar-refractivity contribution is 0.0697. The summed E-state index contributed by atoms with van der Waals surface area (Å²) in [5.41, 5.74) is 8.56. The number of carboxylic acid groups (broad SMARTS) is 1. The first-order chi connectivity index (χ1) is 10.1. The second kappa shape index (κ2) is 5.17. The van der Waals surface area contributed by atoms with E-state index in [4.69, 9.17) is 10.8 Å². The summed E-state index contributed by atoms with van der Waals surface area (Å²) in [5, 5.41) is 14.3. The van der Waals surface area contributed by atoms with Gasteiger partial charge in [0.1, 0.15) is 0 Å². The standard InChI is InChI=1S/C17H14N2O2/c18-15-8-2-7-14-13(15)6-3-9-16(14)19-12-5-1-4-11(10-12)17(20)21/h1-10,19H,18H2,(H,20,21). The minimum atomic E-state index is -0.944. The zero-order chi connectivity index (χ0) is 14.8. The van der Waals surface area contributed by atoms with Crippen LogP contribution in [0, 0.1) is 0 Å². The molecule has 3 aromatic rings. The van der Waals surface area contributed by atoms with E-state index < -0.39 is 5.97 Å². The average Bonchev–Trinajstić information content (AvgIpc) is 2.49. The Labute approximate surface area is 121 Å². The number of aromatic carboxylic acids is 1. The number of hydrogen-bond acceptors (Lipinski definition) is 3. The minimum Gasteiger partial charge on any atom is -0.478 e. The molecule has 4 nitrogen and oxygen atoms in total. The summed E-state index contributed by atoms with van der Waals surface area (Å²) in [4.78, 5) is 11.0. The first-order valence-electron chi connectivity index (χ1n) is 6.53. The van der Waals surface area contributed by atoms with Gasteiger partial charge in [-0.25, -0.2) is 4.79 Å². The molecule has 0 amide bonds. The average molecular weight is 278 g/mol. The van der Waals surface area contributed by atoms with E-state index in [-0.39, 0.29) is 5.56 Å². The van der Waals surface area contributed by atoms with Gasteiger partial charge in [0, 0.05) is 27.8 Å². The maximum atomic E-state index is 11.0. The molecule has 0 aliphatic rings. The van der Waals surface area contributed by atoms with Crippen LogP contribution in [0.1, 0.15) is 10.4 Å². The van der Waals surface area contributed by atoms with Gasteiger partial charge in [0.15, 0.2) is 0 Å². The Morgan fingerprint density at radius 3 is 2.48 bits per heavy atom. The van der Waals surface area contributed by atoms with E-state index in [1.807, 2.05) is 42.5 Å². The van der Waals surface area contributed by atoms with Crippen LogP contribution in [0.5, 0.6) is 0 Å². The highest BCUT2D eigenvalue weighted by Crippen LogP contribution is 2.29. The van der Waals surface area contributed by atoms with E-state index in [0.717, 1.165) is 27.8 Å². The van der Waals surface area contributed by atoms with Crippen LogP contribution in [-0.4, -0.2) is 11.1 Å². The van der Waals surface area contributed by atoms with Crippen LogP contribution in [0.2, 0.25) is 0 Å². The highest BCUT2D eigenvalue weighted by molar-refractivity contribution is 6.01. The van der Waals surface area contributed by atoms with Gasteiger partial charge >= 0.3 is 5.97 Å². The van der Waals surface area contributed by atoms with Gasteiger partial charge in [0.2, 0.25) is 0 Å². The Kier molecular flexibility index (Phi) is 3.20. The fourth-order valence-corrected chi connectivity index (χ4v) is 2.33. The lowest BCUT2D eigenvalue weighted by Crippen LogP contribution is -1.98. The topological polar surface area (TPSA) is 75.3 Å². The van der Waals surface area contributed by atoms with Crippen molar-refractivity contribution in [3.8, 4) is 0 Å². The predicted molar refractivity (Wildman–Crippen MR) is 85.0 cm³/mol. The van der Waals surface area contributed by atoms with Crippen LogP contribution in [-0.2, 0) is 0 Å². The SMILES string of the molecule is Nc1cccc2c(Nc3cccc(C(=O)O)c3)cccc12. The Bertz CT molecular complexity index is 828. The van der Waals surface area contributed by atoms with Crippen molar-refractivity contribution in [3.05, 3.63) is 66.2 Å². The van der Waals surface area contributed by atoms with Gasteiger partial charge in [0.05, 0.1) is 5.56 Å². The quantitative estimate of drug-likeness (QED) is 0.636. The van der Waals surface area contributed by atoms with Crippen LogP contribution in [0.3, 0.4) is 0 Å². The molecule has 4 heteroatoms. The summed E-state index contributed by atoms with van der Waals surface area (Å²) >= 11 is 0. The van der Waals surface area contributed by atoms with E-state index in [2.05, 4.69) is 5.32 Å².